The Morgan fingerprint density at radius 1 is 1.14 bits per heavy atom. The molecule has 0 bridgehead atoms. The molecule has 0 spiro atoms. The van der Waals surface area contributed by atoms with E-state index < -0.39 is 0 Å². The van der Waals surface area contributed by atoms with E-state index in [1.807, 2.05) is 6.07 Å². The van der Waals surface area contributed by atoms with E-state index in [0.29, 0.717) is 10.0 Å². The first kappa shape index (κ1) is 13.9. The molecule has 2 aliphatic heterocycles. The summed E-state index contributed by atoms with van der Waals surface area (Å²) in [6.07, 6.45) is 5.44. The molecule has 1 saturated heterocycles. The molecule has 1 aromatic carbocycles. The molecule has 1 atom stereocenters. The van der Waals surface area contributed by atoms with Gasteiger partial charge < -0.3 is 9.47 Å². The first-order valence-electron chi connectivity index (χ1n) is 7.41. The van der Waals surface area contributed by atoms with Gasteiger partial charge in [0, 0.05) is 30.1 Å². The Bertz CT molecular complexity index is 611. The van der Waals surface area contributed by atoms with Crippen molar-refractivity contribution < 1.29 is 9.47 Å². The molecule has 0 aromatic heterocycles. The van der Waals surface area contributed by atoms with Gasteiger partial charge in [0.1, 0.15) is 5.75 Å². The summed E-state index contributed by atoms with van der Waals surface area (Å²) >= 11 is 12.5. The fourth-order valence-electron chi connectivity index (χ4n) is 3.68. The second kappa shape index (κ2) is 5.17. The van der Waals surface area contributed by atoms with Crippen LogP contribution in [0.2, 0.25) is 10.0 Å². The Hall–Kier alpha value is -0.740. The van der Waals surface area contributed by atoms with Gasteiger partial charge in [-0.2, -0.15) is 0 Å². The predicted molar refractivity (Wildman–Crippen MR) is 84.0 cm³/mol. The van der Waals surface area contributed by atoms with Gasteiger partial charge in [0.05, 0.1) is 18.2 Å². The van der Waals surface area contributed by atoms with Gasteiger partial charge in [-0.1, -0.05) is 23.2 Å². The van der Waals surface area contributed by atoms with Gasteiger partial charge in [0.2, 0.25) is 0 Å². The molecule has 0 unspecified atom stereocenters. The molecule has 0 amide bonds. The normalized spacial score (nSPS) is 28.6. The minimum Gasteiger partial charge on any atom is -0.466 e. The first-order valence-corrected chi connectivity index (χ1v) is 8.16. The molecular weight excluding hydrogens is 309 g/mol. The summed E-state index contributed by atoms with van der Waals surface area (Å²) < 4.78 is 12.0. The standard InChI is InChI=1S/C16H17Cl2NO2/c17-13-9-11-8-12-2-1-3-16(12,19-4-6-20-7-5-19)21-15(11)14(18)10-13/h8-10H,1-7H2/t16-/m1/s1. The first-order chi connectivity index (χ1) is 10.2. The summed E-state index contributed by atoms with van der Waals surface area (Å²) in [6.45, 7) is 3.33. The maximum absolute atomic E-state index is 6.48. The van der Waals surface area contributed by atoms with Crippen molar-refractivity contribution in [3.8, 4) is 5.75 Å². The topological polar surface area (TPSA) is 21.7 Å². The zero-order chi connectivity index (χ0) is 14.4. The number of nitrogens with zero attached hydrogens (tertiary/aromatic N) is 1. The van der Waals surface area contributed by atoms with E-state index in [4.69, 9.17) is 32.7 Å². The largest absolute Gasteiger partial charge is 0.466 e. The van der Waals surface area contributed by atoms with Crippen LogP contribution in [0.15, 0.2) is 17.7 Å². The highest BCUT2D eigenvalue weighted by Gasteiger charge is 2.48. The van der Waals surface area contributed by atoms with Crippen molar-refractivity contribution in [3.63, 3.8) is 0 Å². The smallest absolute Gasteiger partial charge is 0.186 e. The van der Waals surface area contributed by atoms with Crippen LogP contribution in [-0.4, -0.2) is 36.9 Å². The fourth-order valence-corrected chi connectivity index (χ4v) is 4.23. The molecule has 0 radical (unpaired) electrons. The van der Waals surface area contributed by atoms with E-state index >= 15 is 0 Å². The molecule has 21 heavy (non-hydrogen) atoms. The van der Waals surface area contributed by atoms with Gasteiger partial charge in [-0.05, 0) is 36.6 Å². The van der Waals surface area contributed by atoms with Crippen LogP contribution in [0, 0.1) is 0 Å². The van der Waals surface area contributed by atoms with E-state index in [1.54, 1.807) is 6.07 Å². The molecule has 1 saturated carbocycles. The molecular formula is C16H17Cl2NO2. The Balaban J connectivity index is 1.79. The third-order valence-electron chi connectivity index (χ3n) is 4.62. The molecule has 4 rings (SSSR count). The molecule has 5 heteroatoms. The molecule has 3 aliphatic rings. The quantitative estimate of drug-likeness (QED) is 0.779. The van der Waals surface area contributed by atoms with Crippen LogP contribution in [0.4, 0.5) is 0 Å². The lowest BCUT2D eigenvalue weighted by Gasteiger charge is -2.46. The molecule has 1 aliphatic carbocycles. The van der Waals surface area contributed by atoms with Crippen molar-refractivity contribution >= 4 is 29.3 Å². The molecule has 3 nitrogen and oxygen atoms in total. The molecule has 112 valence electrons. The summed E-state index contributed by atoms with van der Waals surface area (Å²) in [5.74, 6) is 0.762. The van der Waals surface area contributed by atoms with Gasteiger partial charge in [-0.15, -0.1) is 0 Å². The second-order valence-electron chi connectivity index (χ2n) is 5.81. The van der Waals surface area contributed by atoms with Crippen molar-refractivity contribution in [2.75, 3.05) is 26.3 Å². The van der Waals surface area contributed by atoms with E-state index in [1.165, 1.54) is 5.57 Å². The monoisotopic (exact) mass is 325 g/mol. The minimum absolute atomic E-state index is 0.325. The Labute approximate surface area is 134 Å². The minimum atomic E-state index is -0.325. The van der Waals surface area contributed by atoms with Gasteiger partial charge in [-0.3, -0.25) is 4.90 Å². The highest BCUT2D eigenvalue weighted by atomic mass is 35.5. The number of benzene rings is 1. The molecule has 2 fully saturated rings. The van der Waals surface area contributed by atoms with Crippen LogP contribution in [0.25, 0.3) is 6.08 Å². The Morgan fingerprint density at radius 2 is 1.95 bits per heavy atom. The van der Waals surface area contributed by atoms with E-state index in [0.717, 1.165) is 56.9 Å². The summed E-state index contributed by atoms with van der Waals surface area (Å²) in [5, 5.41) is 1.24. The number of halogens is 2. The number of morpholine rings is 1. The summed E-state index contributed by atoms with van der Waals surface area (Å²) in [5.41, 5.74) is 2.01. The lowest BCUT2D eigenvalue weighted by atomic mass is 9.97. The zero-order valence-electron chi connectivity index (χ0n) is 11.7. The van der Waals surface area contributed by atoms with Crippen LogP contribution < -0.4 is 4.74 Å². The lowest BCUT2D eigenvalue weighted by Crippen LogP contribution is -2.57. The van der Waals surface area contributed by atoms with Crippen molar-refractivity contribution in [1.29, 1.82) is 0 Å². The highest BCUT2D eigenvalue weighted by Crippen LogP contribution is 2.49. The highest BCUT2D eigenvalue weighted by molar-refractivity contribution is 6.36. The van der Waals surface area contributed by atoms with Crippen molar-refractivity contribution in [2.24, 2.45) is 0 Å². The van der Waals surface area contributed by atoms with Crippen LogP contribution in [0.1, 0.15) is 24.8 Å². The van der Waals surface area contributed by atoms with Gasteiger partial charge >= 0.3 is 0 Å². The van der Waals surface area contributed by atoms with Gasteiger partial charge in [0.25, 0.3) is 0 Å². The molecule has 0 N–H and O–H groups in total. The van der Waals surface area contributed by atoms with Crippen LogP contribution in [0.3, 0.4) is 0 Å². The maximum atomic E-state index is 6.48. The number of ether oxygens (including phenoxy) is 2. The average molecular weight is 326 g/mol. The van der Waals surface area contributed by atoms with E-state index in [2.05, 4.69) is 11.0 Å². The third kappa shape index (κ3) is 2.18. The fraction of sp³-hybridized carbons (Fsp3) is 0.500. The summed E-state index contributed by atoms with van der Waals surface area (Å²) in [6, 6.07) is 3.68. The second-order valence-corrected chi connectivity index (χ2v) is 6.66. The van der Waals surface area contributed by atoms with Crippen LogP contribution >= 0.6 is 23.2 Å². The van der Waals surface area contributed by atoms with Crippen LogP contribution in [0.5, 0.6) is 5.75 Å². The van der Waals surface area contributed by atoms with Gasteiger partial charge in [0.15, 0.2) is 5.72 Å². The van der Waals surface area contributed by atoms with E-state index in [9.17, 15) is 0 Å². The van der Waals surface area contributed by atoms with Crippen LogP contribution in [-0.2, 0) is 4.74 Å². The summed E-state index contributed by atoms with van der Waals surface area (Å²) in [7, 11) is 0. The average Bonchev–Trinajstić information content (AvgIpc) is 2.90. The molecule has 2 heterocycles. The third-order valence-corrected chi connectivity index (χ3v) is 5.12. The molecule has 1 aromatic rings. The SMILES string of the molecule is Clc1cc(Cl)c2c(c1)C=C1CCC[C@@]1(N1CCOCC1)O2. The lowest BCUT2D eigenvalue weighted by molar-refractivity contribution is -0.0966. The predicted octanol–water partition coefficient (Wildman–Crippen LogP) is 3.98. The van der Waals surface area contributed by atoms with Crippen molar-refractivity contribution in [2.45, 2.75) is 25.0 Å². The number of hydrogen-bond donors (Lipinski definition) is 0. The zero-order valence-corrected chi connectivity index (χ0v) is 13.2. The Kier molecular flexibility index (Phi) is 3.42. The van der Waals surface area contributed by atoms with E-state index in [-0.39, 0.29) is 5.72 Å². The van der Waals surface area contributed by atoms with Crippen molar-refractivity contribution in [3.05, 3.63) is 33.3 Å². The summed E-state index contributed by atoms with van der Waals surface area (Å²) in [4.78, 5) is 2.41. The number of rotatable bonds is 1. The van der Waals surface area contributed by atoms with Crippen molar-refractivity contribution in [1.82, 2.24) is 4.90 Å². The number of fused-ring (bicyclic) bond motifs is 2. The Morgan fingerprint density at radius 3 is 2.76 bits per heavy atom. The number of hydrogen-bond acceptors (Lipinski definition) is 3. The maximum Gasteiger partial charge on any atom is 0.186 e. The van der Waals surface area contributed by atoms with Gasteiger partial charge in [-0.25, -0.2) is 0 Å².